The molecular formula is C10H17N3O2. The second-order valence-corrected chi connectivity index (χ2v) is 3.24. The third-order valence-corrected chi connectivity index (χ3v) is 2.07. The van der Waals surface area contributed by atoms with Crippen molar-refractivity contribution < 1.29 is 9.53 Å². The second-order valence-electron chi connectivity index (χ2n) is 3.24. The summed E-state index contributed by atoms with van der Waals surface area (Å²) in [4.78, 5) is 11.0. The maximum absolute atomic E-state index is 11.0. The van der Waals surface area contributed by atoms with Crippen LogP contribution >= 0.6 is 0 Å². The fraction of sp³-hybridized carbons (Fsp3) is 0.600. The Kier molecular flexibility index (Phi) is 4.83. The zero-order valence-corrected chi connectivity index (χ0v) is 9.12. The molecule has 1 unspecified atom stereocenters. The summed E-state index contributed by atoms with van der Waals surface area (Å²) in [5.74, 6) is -0.165. The van der Waals surface area contributed by atoms with Crippen molar-refractivity contribution in [2.75, 3.05) is 13.2 Å². The molecule has 0 bridgehead atoms. The van der Waals surface area contributed by atoms with E-state index in [0.717, 1.165) is 5.69 Å². The van der Waals surface area contributed by atoms with Crippen LogP contribution in [0, 0.1) is 0 Å². The van der Waals surface area contributed by atoms with Crippen LogP contribution in [-0.2, 0) is 9.53 Å². The molecule has 0 saturated carbocycles. The molecule has 5 heteroatoms. The summed E-state index contributed by atoms with van der Waals surface area (Å²) in [7, 11) is 0. The smallest absolute Gasteiger partial charge is 0.307 e. The van der Waals surface area contributed by atoms with Crippen molar-refractivity contribution in [2.24, 2.45) is 0 Å². The zero-order chi connectivity index (χ0) is 11.1. The lowest BCUT2D eigenvalue weighted by molar-refractivity contribution is -0.143. The van der Waals surface area contributed by atoms with E-state index in [2.05, 4.69) is 15.5 Å². The number of rotatable bonds is 6. The van der Waals surface area contributed by atoms with E-state index < -0.39 is 0 Å². The molecule has 1 rings (SSSR count). The highest BCUT2D eigenvalue weighted by Gasteiger charge is 2.07. The molecule has 1 aromatic heterocycles. The number of aromatic amines is 1. The predicted molar refractivity (Wildman–Crippen MR) is 56.3 cm³/mol. The number of carbonyl (C=O) groups excluding carboxylic acids is 1. The van der Waals surface area contributed by atoms with Crippen molar-refractivity contribution in [2.45, 2.75) is 26.3 Å². The molecule has 0 radical (unpaired) electrons. The fourth-order valence-corrected chi connectivity index (χ4v) is 1.24. The Morgan fingerprint density at radius 3 is 3.13 bits per heavy atom. The van der Waals surface area contributed by atoms with Gasteiger partial charge in [0, 0.05) is 18.8 Å². The van der Waals surface area contributed by atoms with E-state index in [1.807, 2.05) is 13.0 Å². The standard InChI is InChI=1S/C10H17N3O2/c1-3-15-10(14)5-6-11-8(2)9-4-7-12-13-9/h4,7-8,11H,3,5-6H2,1-2H3,(H,12,13). The van der Waals surface area contributed by atoms with Crippen LogP contribution in [0.4, 0.5) is 0 Å². The minimum absolute atomic E-state index is 0.165. The largest absolute Gasteiger partial charge is 0.466 e. The van der Waals surface area contributed by atoms with Crippen LogP contribution in [0.15, 0.2) is 12.3 Å². The van der Waals surface area contributed by atoms with Crippen molar-refractivity contribution in [1.82, 2.24) is 15.5 Å². The number of esters is 1. The van der Waals surface area contributed by atoms with Gasteiger partial charge in [0.25, 0.3) is 0 Å². The van der Waals surface area contributed by atoms with E-state index in [9.17, 15) is 4.79 Å². The normalized spacial score (nSPS) is 12.4. The number of hydrogen-bond donors (Lipinski definition) is 2. The molecule has 15 heavy (non-hydrogen) atoms. The Morgan fingerprint density at radius 2 is 2.53 bits per heavy atom. The van der Waals surface area contributed by atoms with Crippen molar-refractivity contribution in [1.29, 1.82) is 0 Å². The minimum atomic E-state index is -0.165. The van der Waals surface area contributed by atoms with Gasteiger partial charge < -0.3 is 10.1 Å². The molecule has 0 aliphatic rings. The zero-order valence-electron chi connectivity index (χ0n) is 9.12. The van der Waals surface area contributed by atoms with Crippen LogP contribution in [-0.4, -0.2) is 29.3 Å². The molecule has 0 saturated heterocycles. The number of H-pyrrole nitrogens is 1. The molecule has 1 atom stereocenters. The van der Waals surface area contributed by atoms with Gasteiger partial charge in [0.15, 0.2) is 0 Å². The highest BCUT2D eigenvalue weighted by molar-refractivity contribution is 5.69. The van der Waals surface area contributed by atoms with E-state index in [0.29, 0.717) is 19.6 Å². The predicted octanol–water partition coefficient (Wildman–Crippen LogP) is 1.01. The summed E-state index contributed by atoms with van der Waals surface area (Å²) >= 11 is 0. The number of carbonyl (C=O) groups is 1. The lowest BCUT2D eigenvalue weighted by Gasteiger charge is -2.11. The van der Waals surface area contributed by atoms with Crippen LogP contribution in [0.5, 0.6) is 0 Å². The molecule has 5 nitrogen and oxygen atoms in total. The van der Waals surface area contributed by atoms with Gasteiger partial charge in [0.1, 0.15) is 0 Å². The number of nitrogens with zero attached hydrogens (tertiary/aromatic N) is 1. The van der Waals surface area contributed by atoms with Gasteiger partial charge in [-0.05, 0) is 19.9 Å². The summed E-state index contributed by atoms with van der Waals surface area (Å²) in [5.41, 5.74) is 1.01. The first-order chi connectivity index (χ1) is 7.24. The van der Waals surface area contributed by atoms with Crippen LogP contribution in [0.3, 0.4) is 0 Å². The average molecular weight is 211 g/mol. The third-order valence-electron chi connectivity index (χ3n) is 2.07. The maximum Gasteiger partial charge on any atom is 0.307 e. The van der Waals surface area contributed by atoms with Crippen LogP contribution in [0.25, 0.3) is 0 Å². The first-order valence-electron chi connectivity index (χ1n) is 5.12. The lowest BCUT2D eigenvalue weighted by atomic mass is 10.2. The highest BCUT2D eigenvalue weighted by Crippen LogP contribution is 2.06. The summed E-state index contributed by atoms with van der Waals surface area (Å²) < 4.78 is 4.82. The Labute approximate surface area is 89.2 Å². The molecule has 0 aliphatic carbocycles. The molecule has 2 N–H and O–H groups in total. The summed E-state index contributed by atoms with van der Waals surface area (Å²) in [6.45, 7) is 4.87. The number of hydrogen-bond acceptors (Lipinski definition) is 4. The summed E-state index contributed by atoms with van der Waals surface area (Å²) in [6, 6.07) is 2.07. The Morgan fingerprint density at radius 1 is 1.73 bits per heavy atom. The number of nitrogens with one attached hydrogen (secondary N) is 2. The minimum Gasteiger partial charge on any atom is -0.466 e. The second kappa shape index (κ2) is 6.19. The quantitative estimate of drug-likeness (QED) is 0.689. The molecular weight excluding hydrogens is 194 g/mol. The molecule has 0 aliphatic heterocycles. The van der Waals surface area contributed by atoms with Gasteiger partial charge in [0.2, 0.25) is 0 Å². The summed E-state index contributed by atoms with van der Waals surface area (Å²) in [5, 5.41) is 9.93. The van der Waals surface area contributed by atoms with Crippen molar-refractivity contribution >= 4 is 5.97 Å². The highest BCUT2D eigenvalue weighted by atomic mass is 16.5. The van der Waals surface area contributed by atoms with Crippen molar-refractivity contribution in [3.05, 3.63) is 18.0 Å². The van der Waals surface area contributed by atoms with Gasteiger partial charge in [-0.1, -0.05) is 0 Å². The molecule has 1 aromatic rings. The number of ether oxygens (including phenoxy) is 1. The van der Waals surface area contributed by atoms with Gasteiger partial charge in [-0.15, -0.1) is 0 Å². The van der Waals surface area contributed by atoms with Gasteiger partial charge >= 0.3 is 5.97 Å². The molecule has 0 fully saturated rings. The van der Waals surface area contributed by atoms with Gasteiger partial charge in [-0.3, -0.25) is 9.89 Å². The summed E-state index contributed by atoms with van der Waals surface area (Å²) in [6.07, 6.45) is 2.10. The first-order valence-corrected chi connectivity index (χ1v) is 5.12. The van der Waals surface area contributed by atoms with Crippen LogP contribution < -0.4 is 5.32 Å². The Balaban J connectivity index is 2.18. The van der Waals surface area contributed by atoms with Gasteiger partial charge in [-0.2, -0.15) is 5.10 Å². The first kappa shape index (κ1) is 11.7. The van der Waals surface area contributed by atoms with Crippen molar-refractivity contribution in [3.8, 4) is 0 Å². The molecule has 84 valence electrons. The van der Waals surface area contributed by atoms with E-state index >= 15 is 0 Å². The molecule has 0 amide bonds. The van der Waals surface area contributed by atoms with Crippen molar-refractivity contribution in [3.63, 3.8) is 0 Å². The van der Waals surface area contributed by atoms with Crippen LogP contribution in [0.2, 0.25) is 0 Å². The van der Waals surface area contributed by atoms with E-state index in [1.54, 1.807) is 13.1 Å². The third kappa shape index (κ3) is 4.12. The fourth-order valence-electron chi connectivity index (χ4n) is 1.24. The maximum atomic E-state index is 11.0. The average Bonchev–Trinajstić information content (AvgIpc) is 2.70. The van der Waals surface area contributed by atoms with E-state index in [4.69, 9.17) is 4.74 Å². The molecule has 1 heterocycles. The van der Waals surface area contributed by atoms with Gasteiger partial charge in [0.05, 0.1) is 18.7 Å². The SMILES string of the molecule is CCOC(=O)CCNC(C)c1ccn[nH]1. The molecule has 0 aromatic carbocycles. The number of aromatic nitrogens is 2. The monoisotopic (exact) mass is 211 g/mol. The Hall–Kier alpha value is -1.36. The van der Waals surface area contributed by atoms with E-state index in [-0.39, 0.29) is 12.0 Å². The lowest BCUT2D eigenvalue weighted by Crippen LogP contribution is -2.23. The van der Waals surface area contributed by atoms with Crippen LogP contribution in [0.1, 0.15) is 32.0 Å². The molecule has 0 spiro atoms. The Bertz CT molecular complexity index is 285. The van der Waals surface area contributed by atoms with Gasteiger partial charge in [-0.25, -0.2) is 0 Å². The van der Waals surface area contributed by atoms with E-state index in [1.165, 1.54) is 0 Å². The topological polar surface area (TPSA) is 67.0 Å².